The van der Waals surface area contributed by atoms with Crippen LogP contribution in [-0.4, -0.2) is 21.2 Å². The van der Waals surface area contributed by atoms with Gasteiger partial charge in [-0.05, 0) is 62.0 Å². The second-order valence-corrected chi connectivity index (χ2v) is 7.21. The molecule has 2 aromatic rings. The van der Waals surface area contributed by atoms with E-state index in [0.717, 1.165) is 23.1 Å². The first-order valence-corrected chi connectivity index (χ1v) is 9.30. The van der Waals surface area contributed by atoms with E-state index in [9.17, 15) is 4.39 Å². The van der Waals surface area contributed by atoms with Crippen LogP contribution in [0.25, 0.3) is 16.6 Å². The molecule has 1 saturated carbocycles. The SMILES string of the molecule is C=C(/C=C(NC1CCCCC1C)\C(F)=C/C)c1[nH]nc2ncc(C)cc12. The van der Waals surface area contributed by atoms with Crippen molar-refractivity contribution < 1.29 is 4.39 Å². The maximum absolute atomic E-state index is 14.5. The van der Waals surface area contributed by atoms with Crippen molar-refractivity contribution in [3.05, 3.63) is 53.8 Å². The lowest BCUT2D eigenvalue weighted by molar-refractivity contribution is 0.295. The molecule has 0 aromatic carbocycles. The molecule has 1 aliphatic rings. The molecule has 1 fully saturated rings. The molecule has 2 aromatic heterocycles. The number of hydrogen-bond donors (Lipinski definition) is 2. The van der Waals surface area contributed by atoms with Crippen LogP contribution in [0.15, 0.2) is 42.5 Å². The van der Waals surface area contributed by atoms with Crippen LogP contribution in [0.1, 0.15) is 50.8 Å². The zero-order valence-corrected chi connectivity index (χ0v) is 15.8. The first kappa shape index (κ1) is 18.4. The normalized spacial score (nSPS) is 21.8. The number of allylic oxidation sites excluding steroid dienone is 4. The Morgan fingerprint density at radius 1 is 1.38 bits per heavy atom. The number of nitrogens with zero attached hydrogens (tertiary/aromatic N) is 2. The molecular formula is C21H27FN4. The summed E-state index contributed by atoms with van der Waals surface area (Å²) in [6, 6.07) is 2.30. The van der Waals surface area contributed by atoms with Crippen molar-refractivity contribution in [2.24, 2.45) is 5.92 Å². The predicted octanol–water partition coefficient (Wildman–Crippen LogP) is 5.21. The quantitative estimate of drug-likeness (QED) is 0.725. The van der Waals surface area contributed by atoms with Crippen molar-refractivity contribution in [3.8, 4) is 0 Å². The Bertz CT molecular complexity index is 862. The molecular weight excluding hydrogens is 327 g/mol. The molecule has 1 aliphatic carbocycles. The van der Waals surface area contributed by atoms with Crippen LogP contribution in [-0.2, 0) is 0 Å². The Labute approximate surface area is 154 Å². The number of pyridine rings is 1. The minimum Gasteiger partial charge on any atom is -0.380 e. The van der Waals surface area contributed by atoms with Crippen molar-refractivity contribution >= 4 is 16.6 Å². The standard InChI is InChI=1S/C21H27FN4/c1-5-17(22)19(24-18-9-7-6-8-14(18)3)11-15(4)20-16-10-13(2)12-23-21(16)26-25-20/h5,10-12,14,18,24H,4,6-9H2,1-3H3,(H,23,25,26)/b17-5+,19-11+. The van der Waals surface area contributed by atoms with E-state index in [4.69, 9.17) is 0 Å². The zero-order valence-electron chi connectivity index (χ0n) is 15.8. The Balaban J connectivity index is 1.91. The fourth-order valence-corrected chi connectivity index (χ4v) is 3.56. The molecule has 0 radical (unpaired) electrons. The van der Waals surface area contributed by atoms with Crippen molar-refractivity contribution in [2.75, 3.05) is 0 Å². The lowest BCUT2D eigenvalue weighted by Crippen LogP contribution is -2.36. The van der Waals surface area contributed by atoms with E-state index in [-0.39, 0.29) is 11.9 Å². The minimum absolute atomic E-state index is 0.262. The molecule has 5 heteroatoms. The topological polar surface area (TPSA) is 53.6 Å². The number of H-pyrrole nitrogens is 1. The van der Waals surface area contributed by atoms with Gasteiger partial charge in [0.05, 0.1) is 11.4 Å². The maximum atomic E-state index is 14.5. The Hall–Kier alpha value is -2.43. The van der Waals surface area contributed by atoms with Gasteiger partial charge in [-0.3, -0.25) is 5.10 Å². The Morgan fingerprint density at radius 3 is 2.88 bits per heavy atom. The summed E-state index contributed by atoms with van der Waals surface area (Å²) in [7, 11) is 0. The molecule has 2 heterocycles. The monoisotopic (exact) mass is 354 g/mol. The number of aromatic amines is 1. The molecule has 0 bridgehead atoms. The van der Waals surface area contributed by atoms with Gasteiger partial charge in [0.1, 0.15) is 5.83 Å². The van der Waals surface area contributed by atoms with Gasteiger partial charge in [0, 0.05) is 17.6 Å². The highest BCUT2D eigenvalue weighted by Gasteiger charge is 2.23. The number of aryl methyl sites for hydroxylation is 1. The summed E-state index contributed by atoms with van der Waals surface area (Å²) in [4.78, 5) is 4.31. The van der Waals surface area contributed by atoms with Gasteiger partial charge in [0.25, 0.3) is 0 Å². The highest BCUT2D eigenvalue weighted by Crippen LogP contribution is 2.28. The van der Waals surface area contributed by atoms with Crippen molar-refractivity contribution in [1.82, 2.24) is 20.5 Å². The Kier molecular flexibility index (Phi) is 5.55. The summed E-state index contributed by atoms with van der Waals surface area (Å²) in [6.45, 7) is 10.1. The molecule has 26 heavy (non-hydrogen) atoms. The fraction of sp³-hybridized carbons (Fsp3) is 0.429. The molecule has 0 amide bonds. The van der Waals surface area contributed by atoms with Crippen LogP contribution in [0.3, 0.4) is 0 Å². The number of nitrogens with one attached hydrogen (secondary N) is 2. The van der Waals surface area contributed by atoms with Gasteiger partial charge in [0.2, 0.25) is 0 Å². The average Bonchev–Trinajstić information content (AvgIpc) is 3.05. The van der Waals surface area contributed by atoms with E-state index < -0.39 is 0 Å². The van der Waals surface area contributed by atoms with Crippen LogP contribution in [0.4, 0.5) is 4.39 Å². The molecule has 0 aliphatic heterocycles. The van der Waals surface area contributed by atoms with Crippen LogP contribution in [0.5, 0.6) is 0 Å². The largest absolute Gasteiger partial charge is 0.380 e. The molecule has 0 spiro atoms. The molecule has 2 unspecified atom stereocenters. The summed E-state index contributed by atoms with van der Waals surface area (Å²) < 4.78 is 14.5. The van der Waals surface area contributed by atoms with Gasteiger partial charge in [0.15, 0.2) is 5.65 Å². The predicted molar refractivity (Wildman–Crippen MR) is 105 cm³/mol. The summed E-state index contributed by atoms with van der Waals surface area (Å²) in [6.07, 6.45) is 9.72. The zero-order chi connectivity index (χ0) is 18.7. The van der Waals surface area contributed by atoms with Crippen LogP contribution < -0.4 is 5.32 Å². The number of aromatic nitrogens is 3. The average molecular weight is 354 g/mol. The maximum Gasteiger partial charge on any atom is 0.181 e. The summed E-state index contributed by atoms with van der Waals surface area (Å²) in [5.74, 6) is 0.270. The number of fused-ring (bicyclic) bond motifs is 1. The lowest BCUT2D eigenvalue weighted by Gasteiger charge is -2.31. The highest BCUT2D eigenvalue weighted by molar-refractivity contribution is 5.90. The third kappa shape index (κ3) is 3.87. The summed E-state index contributed by atoms with van der Waals surface area (Å²) >= 11 is 0. The van der Waals surface area contributed by atoms with E-state index in [1.54, 1.807) is 19.2 Å². The second-order valence-electron chi connectivity index (χ2n) is 7.21. The molecule has 4 nitrogen and oxygen atoms in total. The van der Waals surface area contributed by atoms with Gasteiger partial charge in [-0.1, -0.05) is 26.3 Å². The van der Waals surface area contributed by atoms with Crippen molar-refractivity contribution in [3.63, 3.8) is 0 Å². The van der Waals surface area contributed by atoms with Crippen LogP contribution >= 0.6 is 0 Å². The van der Waals surface area contributed by atoms with Crippen LogP contribution in [0.2, 0.25) is 0 Å². The molecule has 138 valence electrons. The fourth-order valence-electron chi connectivity index (χ4n) is 3.56. The van der Waals surface area contributed by atoms with Gasteiger partial charge in [-0.25, -0.2) is 9.37 Å². The van der Waals surface area contributed by atoms with E-state index >= 15 is 0 Å². The van der Waals surface area contributed by atoms with Gasteiger partial charge < -0.3 is 5.32 Å². The minimum atomic E-state index is -0.262. The highest BCUT2D eigenvalue weighted by atomic mass is 19.1. The van der Waals surface area contributed by atoms with Crippen molar-refractivity contribution in [2.45, 2.75) is 52.5 Å². The van der Waals surface area contributed by atoms with E-state index in [0.29, 0.717) is 22.8 Å². The first-order valence-electron chi connectivity index (χ1n) is 9.30. The van der Waals surface area contributed by atoms with E-state index in [1.165, 1.54) is 25.3 Å². The first-order chi connectivity index (χ1) is 12.5. The molecule has 0 saturated heterocycles. The third-order valence-corrected chi connectivity index (χ3v) is 5.15. The van der Waals surface area contributed by atoms with E-state index in [1.807, 2.05) is 13.0 Å². The van der Waals surface area contributed by atoms with Gasteiger partial charge in [-0.2, -0.15) is 5.10 Å². The van der Waals surface area contributed by atoms with Gasteiger partial charge in [-0.15, -0.1) is 0 Å². The van der Waals surface area contributed by atoms with Crippen molar-refractivity contribution in [1.29, 1.82) is 0 Å². The molecule has 2 N–H and O–H groups in total. The summed E-state index contributed by atoms with van der Waals surface area (Å²) in [5.41, 5.74) is 3.63. The Morgan fingerprint density at radius 2 is 2.15 bits per heavy atom. The smallest absolute Gasteiger partial charge is 0.181 e. The lowest BCUT2D eigenvalue weighted by atomic mass is 9.85. The number of rotatable bonds is 5. The number of halogens is 1. The second kappa shape index (κ2) is 7.85. The summed E-state index contributed by atoms with van der Waals surface area (Å²) in [5, 5.41) is 11.5. The van der Waals surface area contributed by atoms with Gasteiger partial charge >= 0.3 is 0 Å². The molecule has 2 atom stereocenters. The number of hydrogen-bond acceptors (Lipinski definition) is 3. The molecule has 3 rings (SSSR count). The van der Waals surface area contributed by atoms with E-state index in [2.05, 4.69) is 34.0 Å². The third-order valence-electron chi connectivity index (χ3n) is 5.15. The van der Waals surface area contributed by atoms with Crippen LogP contribution in [0, 0.1) is 12.8 Å².